The number of nitrogens with one attached hydrogen (secondary N) is 1. The minimum absolute atomic E-state index is 0.0557. The number of hydrogen-bond acceptors (Lipinski definition) is 8. The summed E-state index contributed by atoms with van der Waals surface area (Å²) < 4.78 is 55.3. The van der Waals surface area contributed by atoms with Crippen molar-refractivity contribution in [2.24, 2.45) is 5.41 Å². The van der Waals surface area contributed by atoms with Crippen LogP contribution in [-0.4, -0.2) is 57.7 Å². The molecule has 3 heterocycles. The van der Waals surface area contributed by atoms with E-state index in [2.05, 4.69) is 15.2 Å². The highest BCUT2D eigenvalue weighted by Gasteiger charge is 2.59. The van der Waals surface area contributed by atoms with Crippen LogP contribution >= 0.6 is 22.9 Å². The smallest absolute Gasteiger partial charge is 0.269 e. The van der Waals surface area contributed by atoms with Gasteiger partial charge in [0.05, 0.1) is 31.5 Å². The lowest BCUT2D eigenvalue weighted by Gasteiger charge is -2.33. The summed E-state index contributed by atoms with van der Waals surface area (Å²) in [6, 6.07) is 7.48. The normalized spacial score (nSPS) is 21.4. The first-order chi connectivity index (χ1) is 19.2. The number of halogens is 2. The van der Waals surface area contributed by atoms with E-state index in [9.17, 15) is 8.42 Å². The molecule has 3 aromatic rings. The van der Waals surface area contributed by atoms with Crippen molar-refractivity contribution in [1.82, 2.24) is 9.88 Å². The number of ether oxygens (including phenoxy) is 2. The van der Waals surface area contributed by atoms with Gasteiger partial charge < -0.3 is 14.8 Å². The second-order valence-electron chi connectivity index (χ2n) is 11.0. The van der Waals surface area contributed by atoms with Gasteiger partial charge in [-0.3, -0.25) is 4.90 Å². The van der Waals surface area contributed by atoms with Gasteiger partial charge in [-0.2, -0.15) is 0 Å². The van der Waals surface area contributed by atoms with E-state index in [0.717, 1.165) is 48.0 Å². The van der Waals surface area contributed by atoms with Gasteiger partial charge in [0.15, 0.2) is 5.13 Å². The van der Waals surface area contributed by atoms with E-state index in [4.69, 9.17) is 21.1 Å². The van der Waals surface area contributed by atoms with Crippen LogP contribution in [-0.2, 0) is 16.6 Å². The predicted molar refractivity (Wildman–Crippen MR) is 155 cm³/mol. The van der Waals surface area contributed by atoms with Crippen molar-refractivity contribution in [2.45, 2.75) is 49.1 Å². The molecule has 1 spiro atoms. The van der Waals surface area contributed by atoms with Crippen molar-refractivity contribution in [2.75, 3.05) is 43.5 Å². The molecule has 1 N–H and O–H groups in total. The Hall–Kier alpha value is -2.60. The van der Waals surface area contributed by atoms with Crippen LogP contribution in [0.2, 0.25) is 5.02 Å². The van der Waals surface area contributed by atoms with Gasteiger partial charge in [0, 0.05) is 41.8 Å². The molecule has 1 atom stereocenters. The van der Waals surface area contributed by atoms with Crippen LogP contribution < -0.4 is 19.1 Å². The number of fused-ring (bicyclic) bond motifs is 1. The van der Waals surface area contributed by atoms with Crippen LogP contribution in [0.25, 0.3) is 0 Å². The lowest BCUT2D eigenvalue weighted by molar-refractivity contribution is 0.209. The summed E-state index contributed by atoms with van der Waals surface area (Å²) in [5.74, 6) is 0.130. The summed E-state index contributed by atoms with van der Waals surface area (Å²) in [5.41, 5.74) is 1.48. The average molecular weight is 607 g/mol. The molecule has 40 heavy (non-hydrogen) atoms. The van der Waals surface area contributed by atoms with Crippen molar-refractivity contribution in [3.63, 3.8) is 0 Å². The van der Waals surface area contributed by atoms with Crippen molar-refractivity contribution >= 4 is 43.8 Å². The Labute approximate surface area is 243 Å². The van der Waals surface area contributed by atoms with E-state index >= 15 is 4.39 Å². The molecule has 0 bridgehead atoms. The van der Waals surface area contributed by atoms with E-state index in [1.165, 1.54) is 45.4 Å². The lowest BCUT2D eigenvalue weighted by Crippen LogP contribution is -2.44. The van der Waals surface area contributed by atoms with E-state index < -0.39 is 20.7 Å². The second-order valence-corrected chi connectivity index (χ2v) is 14.2. The summed E-state index contributed by atoms with van der Waals surface area (Å²) in [6.07, 6.45) is 7.48. The molecule has 3 fully saturated rings. The number of aromatic nitrogens is 1. The third-order valence-corrected chi connectivity index (χ3v) is 11.5. The summed E-state index contributed by atoms with van der Waals surface area (Å²) >= 11 is 7.74. The van der Waals surface area contributed by atoms with Crippen molar-refractivity contribution in [3.05, 3.63) is 58.3 Å². The minimum Gasteiger partial charge on any atom is -0.497 e. The number of anilines is 2. The number of benzene rings is 2. The zero-order chi connectivity index (χ0) is 28.1. The summed E-state index contributed by atoms with van der Waals surface area (Å²) in [6.45, 7) is 2.76. The molecule has 0 amide bonds. The van der Waals surface area contributed by atoms with Gasteiger partial charge in [0.25, 0.3) is 10.0 Å². The van der Waals surface area contributed by atoms with Crippen LogP contribution in [0.3, 0.4) is 0 Å². The van der Waals surface area contributed by atoms with Gasteiger partial charge >= 0.3 is 0 Å². The number of nitrogens with zero attached hydrogens (tertiary/aromatic N) is 3. The van der Waals surface area contributed by atoms with Crippen LogP contribution in [0.15, 0.2) is 46.8 Å². The fraction of sp³-hybridized carbons (Fsp3) is 0.464. The Bertz CT molecular complexity index is 1520. The topological polar surface area (TPSA) is 84.0 Å². The highest BCUT2D eigenvalue weighted by atomic mass is 35.5. The quantitative estimate of drug-likeness (QED) is 0.313. The molecular weight excluding hydrogens is 575 g/mol. The molecule has 214 valence electrons. The molecule has 0 radical (unpaired) electrons. The zero-order valence-corrected chi connectivity index (χ0v) is 24.8. The number of sulfonamides is 1. The fourth-order valence-corrected chi connectivity index (χ4v) is 8.98. The Balaban J connectivity index is 1.28. The number of methoxy groups -OCH3 is 2. The van der Waals surface area contributed by atoms with Crippen LogP contribution in [0.1, 0.15) is 37.7 Å². The van der Waals surface area contributed by atoms with Gasteiger partial charge in [0.2, 0.25) is 0 Å². The maximum atomic E-state index is 15.6. The monoisotopic (exact) mass is 606 g/mol. The van der Waals surface area contributed by atoms with Crippen molar-refractivity contribution in [1.29, 1.82) is 0 Å². The van der Waals surface area contributed by atoms with Crippen LogP contribution in [0.4, 0.5) is 15.2 Å². The summed E-state index contributed by atoms with van der Waals surface area (Å²) in [5, 5.41) is 5.38. The van der Waals surface area contributed by atoms with Gasteiger partial charge in [-0.15, -0.1) is 11.3 Å². The van der Waals surface area contributed by atoms with Gasteiger partial charge in [0.1, 0.15) is 22.2 Å². The first kappa shape index (κ1) is 27.6. The number of thiazole rings is 1. The molecule has 1 aliphatic carbocycles. The highest BCUT2D eigenvalue weighted by molar-refractivity contribution is 7.93. The molecule has 6 rings (SSSR count). The Kier molecular flexibility index (Phi) is 7.13. The molecule has 2 aromatic carbocycles. The highest BCUT2D eigenvalue weighted by Crippen LogP contribution is 2.60. The third-order valence-electron chi connectivity index (χ3n) is 8.57. The lowest BCUT2D eigenvalue weighted by atomic mass is 9.88. The molecule has 3 aliphatic rings. The molecule has 2 aliphatic heterocycles. The Morgan fingerprint density at radius 1 is 1.20 bits per heavy atom. The first-order valence-corrected chi connectivity index (χ1v) is 16.0. The second kappa shape index (κ2) is 10.3. The van der Waals surface area contributed by atoms with E-state index in [0.29, 0.717) is 34.7 Å². The summed E-state index contributed by atoms with van der Waals surface area (Å²) in [7, 11) is -1.36. The molecule has 12 heteroatoms. The standard InChI is InChI=1S/C28H32ClFN4O4S2/c1-37-20-5-4-19(24(12-20)38-2)15-34(26-31-9-11-39-26)40(35,36)25-13-21(29)23(14-22(25)30)32-17-28-6-3-10-33(28)18-27(16-28)7-8-27/h4-5,9,11-14,32H,3,6-8,10,15-18H2,1-2H3/t28-/m1/s1. The molecule has 1 saturated carbocycles. The maximum Gasteiger partial charge on any atom is 0.269 e. The third kappa shape index (κ3) is 4.91. The average Bonchev–Trinajstić information content (AvgIpc) is 3.23. The van der Waals surface area contributed by atoms with Crippen molar-refractivity contribution in [3.8, 4) is 11.5 Å². The molecule has 8 nitrogen and oxygen atoms in total. The van der Waals surface area contributed by atoms with E-state index in [1.807, 2.05) is 0 Å². The number of hydrogen-bond donors (Lipinski definition) is 1. The zero-order valence-electron chi connectivity index (χ0n) is 22.5. The largest absolute Gasteiger partial charge is 0.497 e. The molecule has 2 saturated heterocycles. The van der Waals surface area contributed by atoms with Gasteiger partial charge in [-0.25, -0.2) is 22.1 Å². The van der Waals surface area contributed by atoms with Crippen LogP contribution in [0.5, 0.6) is 11.5 Å². The molecular formula is C28H32ClFN4O4S2. The Morgan fingerprint density at radius 2 is 2.02 bits per heavy atom. The maximum absolute atomic E-state index is 15.6. The first-order valence-electron chi connectivity index (χ1n) is 13.3. The fourth-order valence-electron chi connectivity index (χ4n) is 6.35. The van der Waals surface area contributed by atoms with Gasteiger partial charge in [-0.05, 0) is 68.3 Å². The SMILES string of the molecule is COc1ccc(CN(c2nccs2)S(=O)(=O)c2cc(Cl)c(NC[C@]34CCCN3CC3(CC3)C4)cc2F)c(OC)c1. The molecule has 0 unspecified atom stereocenters. The number of rotatable bonds is 10. The van der Waals surface area contributed by atoms with E-state index in [-0.39, 0.29) is 22.2 Å². The minimum atomic E-state index is -4.39. The van der Waals surface area contributed by atoms with Crippen molar-refractivity contribution < 1.29 is 22.3 Å². The van der Waals surface area contributed by atoms with E-state index in [1.54, 1.807) is 23.6 Å². The van der Waals surface area contributed by atoms with Gasteiger partial charge in [-0.1, -0.05) is 11.6 Å². The van der Waals surface area contributed by atoms with Crippen LogP contribution in [0, 0.1) is 11.2 Å². The Morgan fingerprint density at radius 3 is 2.73 bits per heavy atom. The predicted octanol–water partition coefficient (Wildman–Crippen LogP) is 5.78. The molecule has 1 aromatic heterocycles. The summed E-state index contributed by atoms with van der Waals surface area (Å²) in [4.78, 5) is 6.28.